The van der Waals surface area contributed by atoms with E-state index in [0.717, 1.165) is 25.2 Å². The second-order valence-corrected chi connectivity index (χ2v) is 11.8. The van der Waals surface area contributed by atoms with Crippen molar-refractivity contribution in [2.45, 2.75) is 88.9 Å². The number of aliphatic hydroxyl groups is 1. The van der Waals surface area contributed by atoms with Crippen LogP contribution in [-0.4, -0.2) is 28.5 Å². The summed E-state index contributed by atoms with van der Waals surface area (Å²) in [4.78, 5) is 11.7. The molecule has 1 N–H and O–H groups in total. The summed E-state index contributed by atoms with van der Waals surface area (Å²) in [6, 6.07) is 0. The van der Waals surface area contributed by atoms with E-state index in [9.17, 15) is 9.90 Å². The average molecular weight is 393 g/mol. The molecule has 5 fully saturated rings. The van der Waals surface area contributed by atoms with E-state index in [1.807, 2.05) is 0 Å². The number of thiol groups is 1. The lowest BCUT2D eigenvalue weighted by atomic mass is 9.43. The lowest BCUT2D eigenvalue weighted by molar-refractivity contribution is -0.208. The van der Waals surface area contributed by atoms with Crippen LogP contribution in [0.2, 0.25) is 0 Å². The van der Waals surface area contributed by atoms with Gasteiger partial charge in [0.25, 0.3) is 0 Å². The van der Waals surface area contributed by atoms with Crippen molar-refractivity contribution in [3.05, 3.63) is 0 Å². The Labute approximate surface area is 169 Å². The molecular weight excluding hydrogens is 356 g/mol. The molecule has 0 amide bonds. The quantitative estimate of drug-likeness (QED) is 0.505. The van der Waals surface area contributed by atoms with Gasteiger partial charge in [0.05, 0.1) is 18.6 Å². The SMILES string of the molecule is C[C@]12CC[C@H](S)C[C@H]1CC[C@@H]1[C@@H]2CC[C@]2(C)[C@@H]([C@H]3COC(=O)C3)CC[C@]12O. The van der Waals surface area contributed by atoms with Crippen LogP contribution >= 0.6 is 12.6 Å². The first-order valence-corrected chi connectivity index (χ1v) is 11.9. The van der Waals surface area contributed by atoms with E-state index in [1.165, 1.54) is 38.5 Å². The van der Waals surface area contributed by atoms with Gasteiger partial charge in [-0.15, -0.1) is 0 Å². The number of esters is 1. The van der Waals surface area contributed by atoms with Crippen molar-refractivity contribution in [2.75, 3.05) is 6.61 Å². The Kier molecular flexibility index (Phi) is 4.27. The number of carbonyl (C=O) groups excluding carboxylic acids is 1. The number of rotatable bonds is 1. The van der Waals surface area contributed by atoms with Gasteiger partial charge < -0.3 is 9.84 Å². The van der Waals surface area contributed by atoms with Gasteiger partial charge in [-0.3, -0.25) is 4.79 Å². The Morgan fingerprint density at radius 3 is 2.52 bits per heavy atom. The van der Waals surface area contributed by atoms with Gasteiger partial charge >= 0.3 is 5.97 Å². The fourth-order valence-electron chi connectivity index (χ4n) is 8.79. The van der Waals surface area contributed by atoms with E-state index < -0.39 is 5.60 Å². The van der Waals surface area contributed by atoms with E-state index >= 15 is 0 Å². The summed E-state index contributed by atoms with van der Waals surface area (Å²) in [5.74, 6) is 2.62. The third-order valence-electron chi connectivity index (χ3n) is 10.4. The van der Waals surface area contributed by atoms with Crippen LogP contribution in [0.15, 0.2) is 0 Å². The monoisotopic (exact) mass is 392 g/mol. The van der Waals surface area contributed by atoms with Gasteiger partial charge in [0, 0.05) is 11.2 Å². The van der Waals surface area contributed by atoms with Crippen molar-refractivity contribution in [3.8, 4) is 0 Å². The zero-order valence-electron chi connectivity index (χ0n) is 17.0. The van der Waals surface area contributed by atoms with Crippen LogP contribution in [0.25, 0.3) is 0 Å². The Bertz CT molecular complexity index is 637. The molecule has 0 aromatic rings. The van der Waals surface area contributed by atoms with Crippen LogP contribution in [0.4, 0.5) is 0 Å². The second-order valence-electron chi connectivity index (χ2n) is 11.1. The molecule has 9 atom stereocenters. The molecule has 4 saturated carbocycles. The molecule has 27 heavy (non-hydrogen) atoms. The summed E-state index contributed by atoms with van der Waals surface area (Å²) < 4.78 is 5.31. The van der Waals surface area contributed by atoms with Crippen LogP contribution in [0.1, 0.15) is 78.1 Å². The minimum atomic E-state index is -0.544. The summed E-state index contributed by atoms with van der Waals surface area (Å²) in [7, 11) is 0. The fraction of sp³-hybridized carbons (Fsp3) is 0.957. The molecule has 0 radical (unpaired) electrons. The number of ether oxygens (including phenoxy) is 1. The maximum absolute atomic E-state index is 12.2. The summed E-state index contributed by atoms with van der Waals surface area (Å²) >= 11 is 4.80. The summed E-state index contributed by atoms with van der Waals surface area (Å²) in [5.41, 5.74) is -0.196. The van der Waals surface area contributed by atoms with Gasteiger partial charge in [-0.05, 0) is 92.3 Å². The number of cyclic esters (lactones) is 1. The highest BCUT2D eigenvalue weighted by Crippen LogP contribution is 2.70. The van der Waals surface area contributed by atoms with Gasteiger partial charge in [-0.25, -0.2) is 0 Å². The second kappa shape index (κ2) is 6.14. The highest BCUT2D eigenvalue weighted by atomic mass is 32.1. The van der Waals surface area contributed by atoms with Gasteiger partial charge in [-0.2, -0.15) is 12.6 Å². The molecule has 4 aliphatic carbocycles. The third kappa shape index (κ3) is 2.47. The molecule has 0 bridgehead atoms. The van der Waals surface area contributed by atoms with E-state index in [0.29, 0.717) is 47.4 Å². The van der Waals surface area contributed by atoms with Crippen molar-refractivity contribution in [2.24, 2.45) is 40.4 Å². The molecule has 152 valence electrons. The smallest absolute Gasteiger partial charge is 0.306 e. The molecule has 0 unspecified atom stereocenters. The molecule has 0 spiro atoms. The minimum Gasteiger partial charge on any atom is -0.465 e. The minimum absolute atomic E-state index is 0.0377. The van der Waals surface area contributed by atoms with Crippen LogP contribution in [0.5, 0.6) is 0 Å². The summed E-state index contributed by atoms with van der Waals surface area (Å²) in [5, 5.41) is 12.8. The Morgan fingerprint density at radius 1 is 1.00 bits per heavy atom. The van der Waals surface area contributed by atoms with Gasteiger partial charge in [0.2, 0.25) is 0 Å². The van der Waals surface area contributed by atoms with Crippen LogP contribution in [-0.2, 0) is 9.53 Å². The lowest BCUT2D eigenvalue weighted by Gasteiger charge is -2.64. The molecule has 0 aromatic heterocycles. The largest absolute Gasteiger partial charge is 0.465 e. The number of fused-ring (bicyclic) bond motifs is 5. The Balaban J connectivity index is 1.44. The predicted octanol–water partition coefficient (Wildman–Crippen LogP) is 4.62. The number of carbonyl (C=O) groups is 1. The zero-order valence-corrected chi connectivity index (χ0v) is 17.8. The third-order valence-corrected chi connectivity index (χ3v) is 10.8. The van der Waals surface area contributed by atoms with Crippen LogP contribution in [0.3, 0.4) is 0 Å². The summed E-state index contributed by atoms with van der Waals surface area (Å²) in [6.45, 7) is 5.46. The molecule has 1 aliphatic heterocycles. The highest BCUT2D eigenvalue weighted by molar-refractivity contribution is 7.80. The Morgan fingerprint density at radius 2 is 1.78 bits per heavy atom. The number of hydrogen-bond acceptors (Lipinski definition) is 4. The molecule has 0 aromatic carbocycles. The fourth-order valence-corrected chi connectivity index (χ4v) is 9.17. The maximum Gasteiger partial charge on any atom is 0.306 e. The molecule has 1 heterocycles. The first kappa shape index (κ1) is 18.8. The van der Waals surface area contributed by atoms with Crippen molar-refractivity contribution in [1.82, 2.24) is 0 Å². The van der Waals surface area contributed by atoms with Gasteiger partial charge in [0.1, 0.15) is 0 Å². The zero-order chi connectivity index (χ0) is 19.0. The first-order chi connectivity index (χ1) is 12.8. The molecule has 5 aliphatic rings. The Hall–Kier alpha value is -0.220. The van der Waals surface area contributed by atoms with Crippen molar-refractivity contribution in [3.63, 3.8) is 0 Å². The first-order valence-electron chi connectivity index (χ1n) is 11.3. The highest BCUT2D eigenvalue weighted by Gasteiger charge is 2.68. The molecule has 5 rings (SSSR count). The van der Waals surface area contributed by atoms with E-state index in [4.69, 9.17) is 17.4 Å². The predicted molar refractivity (Wildman–Crippen MR) is 109 cm³/mol. The summed E-state index contributed by atoms with van der Waals surface area (Å²) in [6.07, 6.45) is 11.2. The molecule has 3 nitrogen and oxygen atoms in total. The van der Waals surface area contributed by atoms with Gasteiger partial charge in [-0.1, -0.05) is 13.8 Å². The van der Waals surface area contributed by atoms with Crippen LogP contribution in [0, 0.1) is 40.4 Å². The van der Waals surface area contributed by atoms with E-state index in [1.54, 1.807) is 0 Å². The standard InChI is InChI=1S/C23H36O3S/c1-21-8-5-16(27)12-15(21)3-4-19-18(21)6-9-22(2)17(7-10-23(19,22)25)14-11-20(24)26-13-14/h14-19,25,27H,3-13H2,1-2H3/t14-,15-,16+,17-,18+,19-,21+,22-,23+/m1/s1. The molecule has 4 heteroatoms. The van der Waals surface area contributed by atoms with E-state index in [-0.39, 0.29) is 11.4 Å². The van der Waals surface area contributed by atoms with Gasteiger partial charge in [0.15, 0.2) is 0 Å². The lowest BCUT2D eigenvalue weighted by Crippen LogP contribution is -2.62. The normalized spacial score (nSPS) is 57.6. The topological polar surface area (TPSA) is 46.5 Å². The average Bonchev–Trinajstić information content (AvgIpc) is 3.16. The van der Waals surface area contributed by atoms with Crippen molar-refractivity contribution < 1.29 is 14.6 Å². The molecule has 1 saturated heterocycles. The van der Waals surface area contributed by atoms with E-state index in [2.05, 4.69) is 13.8 Å². The molecular formula is C23H36O3S. The van der Waals surface area contributed by atoms with Crippen molar-refractivity contribution >= 4 is 18.6 Å². The van der Waals surface area contributed by atoms with Crippen molar-refractivity contribution in [1.29, 1.82) is 0 Å². The maximum atomic E-state index is 12.2. The van der Waals surface area contributed by atoms with Crippen LogP contribution < -0.4 is 0 Å². The number of hydrogen-bond donors (Lipinski definition) is 2.